The van der Waals surface area contributed by atoms with Gasteiger partial charge >= 0.3 is 5.76 Å². The summed E-state index contributed by atoms with van der Waals surface area (Å²) in [6.45, 7) is 0.731. The van der Waals surface area contributed by atoms with Gasteiger partial charge in [0.1, 0.15) is 0 Å². The van der Waals surface area contributed by atoms with Gasteiger partial charge in [0.15, 0.2) is 0 Å². The molecular formula is C9H12F2N2S. The van der Waals surface area contributed by atoms with E-state index in [1.54, 1.807) is 6.07 Å². The van der Waals surface area contributed by atoms with Crippen molar-refractivity contribution >= 4 is 17.6 Å². The van der Waals surface area contributed by atoms with Crippen LogP contribution < -0.4 is 10.0 Å². The standard InChI is InChI=1S/C9H12F2N2S/c1-12-6-7-3-2-4-8(5-7)13-14-9(10)11/h2-5,9,12-13H,6H2,1H3. The van der Waals surface area contributed by atoms with Crippen LogP contribution in [0, 0.1) is 0 Å². The van der Waals surface area contributed by atoms with E-state index < -0.39 is 5.76 Å². The van der Waals surface area contributed by atoms with Gasteiger partial charge in [0.05, 0.1) is 0 Å². The highest BCUT2D eigenvalue weighted by Crippen LogP contribution is 2.19. The van der Waals surface area contributed by atoms with E-state index in [2.05, 4.69) is 10.0 Å². The molecule has 5 heteroatoms. The maximum absolute atomic E-state index is 11.9. The zero-order valence-corrected chi connectivity index (χ0v) is 8.57. The van der Waals surface area contributed by atoms with E-state index in [0.717, 1.165) is 12.1 Å². The van der Waals surface area contributed by atoms with Crippen LogP contribution in [0.3, 0.4) is 0 Å². The maximum atomic E-state index is 11.9. The number of benzene rings is 1. The normalized spacial score (nSPS) is 10.6. The number of hydrogen-bond acceptors (Lipinski definition) is 3. The average Bonchev–Trinajstić information content (AvgIpc) is 2.16. The van der Waals surface area contributed by atoms with Crippen molar-refractivity contribution in [3.63, 3.8) is 0 Å². The molecule has 1 aromatic rings. The first kappa shape index (κ1) is 11.3. The third kappa shape index (κ3) is 3.93. The van der Waals surface area contributed by atoms with E-state index in [-0.39, 0.29) is 0 Å². The number of anilines is 1. The van der Waals surface area contributed by atoms with E-state index in [4.69, 9.17) is 0 Å². The lowest BCUT2D eigenvalue weighted by molar-refractivity contribution is 0.252. The summed E-state index contributed by atoms with van der Waals surface area (Å²) in [5, 5.41) is 2.99. The minimum atomic E-state index is -2.40. The van der Waals surface area contributed by atoms with Gasteiger partial charge in [-0.15, -0.1) is 0 Å². The summed E-state index contributed by atoms with van der Waals surface area (Å²) in [6.07, 6.45) is 0. The van der Waals surface area contributed by atoms with Crippen LogP contribution in [0.1, 0.15) is 5.56 Å². The van der Waals surface area contributed by atoms with Gasteiger partial charge < -0.3 is 10.0 Å². The molecule has 0 fully saturated rings. The second-order valence-corrected chi connectivity index (χ2v) is 3.51. The van der Waals surface area contributed by atoms with Gasteiger partial charge in [-0.05, 0) is 24.7 Å². The topological polar surface area (TPSA) is 24.1 Å². The predicted molar refractivity (Wildman–Crippen MR) is 56.4 cm³/mol. The molecule has 0 unspecified atom stereocenters. The van der Waals surface area contributed by atoms with Crippen LogP contribution in [0.15, 0.2) is 24.3 Å². The van der Waals surface area contributed by atoms with Crippen LogP contribution in [-0.4, -0.2) is 12.8 Å². The van der Waals surface area contributed by atoms with Crippen LogP contribution in [0.25, 0.3) is 0 Å². The van der Waals surface area contributed by atoms with Gasteiger partial charge in [0.2, 0.25) is 0 Å². The Hall–Kier alpha value is -0.810. The molecule has 0 aliphatic rings. The van der Waals surface area contributed by atoms with Gasteiger partial charge in [-0.25, -0.2) is 0 Å². The molecule has 0 heterocycles. The summed E-state index contributed by atoms with van der Waals surface area (Å²) in [4.78, 5) is 0. The van der Waals surface area contributed by atoms with Gasteiger partial charge in [-0.2, -0.15) is 8.78 Å². The molecule has 0 aromatic heterocycles. The minimum Gasteiger partial charge on any atom is -0.325 e. The maximum Gasteiger partial charge on any atom is 0.302 e. The van der Waals surface area contributed by atoms with Gasteiger partial charge in [-0.1, -0.05) is 12.1 Å². The van der Waals surface area contributed by atoms with Crippen molar-refractivity contribution in [1.29, 1.82) is 0 Å². The molecule has 78 valence electrons. The molecule has 2 nitrogen and oxygen atoms in total. The van der Waals surface area contributed by atoms with Crippen LogP contribution in [0.2, 0.25) is 0 Å². The number of nitrogens with one attached hydrogen (secondary N) is 2. The SMILES string of the molecule is CNCc1cccc(NSC(F)F)c1. The van der Waals surface area contributed by atoms with Crippen molar-refractivity contribution < 1.29 is 8.78 Å². The van der Waals surface area contributed by atoms with Crippen molar-refractivity contribution in [2.45, 2.75) is 12.3 Å². The first-order valence-corrected chi connectivity index (χ1v) is 5.03. The van der Waals surface area contributed by atoms with Crippen LogP contribution in [0.4, 0.5) is 14.5 Å². The Morgan fingerprint density at radius 1 is 1.43 bits per heavy atom. The highest BCUT2D eigenvalue weighted by molar-refractivity contribution is 8.00. The Labute approximate surface area is 86.2 Å². The summed E-state index contributed by atoms with van der Waals surface area (Å²) >= 11 is 0.407. The van der Waals surface area contributed by atoms with Gasteiger partial charge in [0.25, 0.3) is 0 Å². The van der Waals surface area contributed by atoms with E-state index in [1.807, 2.05) is 25.2 Å². The zero-order valence-electron chi connectivity index (χ0n) is 7.76. The Morgan fingerprint density at radius 2 is 2.21 bits per heavy atom. The molecule has 0 radical (unpaired) electrons. The third-order valence-electron chi connectivity index (χ3n) is 1.57. The van der Waals surface area contributed by atoms with Crippen molar-refractivity contribution in [2.24, 2.45) is 0 Å². The first-order chi connectivity index (χ1) is 6.72. The molecule has 1 aromatic carbocycles. The van der Waals surface area contributed by atoms with Crippen LogP contribution in [0.5, 0.6) is 0 Å². The fraction of sp³-hybridized carbons (Fsp3) is 0.333. The van der Waals surface area contributed by atoms with Crippen molar-refractivity contribution in [3.05, 3.63) is 29.8 Å². The molecule has 0 saturated heterocycles. The summed E-state index contributed by atoms with van der Waals surface area (Å²) in [5.74, 6) is -2.40. The zero-order chi connectivity index (χ0) is 10.4. The lowest BCUT2D eigenvalue weighted by atomic mass is 10.2. The van der Waals surface area contributed by atoms with Crippen LogP contribution in [-0.2, 0) is 6.54 Å². The first-order valence-electron chi connectivity index (χ1n) is 4.15. The molecule has 0 atom stereocenters. The fourth-order valence-corrected chi connectivity index (χ4v) is 1.41. The highest BCUT2D eigenvalue weighted by Gasteiger charge is 2.02. The van der Waals surface area contributed by atoms with Crippen molar-refractivity contribution in [1.82, 2.24) is 5.32 Å². The summed E-state index contributed by atoms with van der Waals surface area (Å²) in [5.41, 5.74) is 1.76. The molecule has 2 N–H and O–H groups in total. The number of alkyl halides is 2. The van der Waals surface area contributed by atoms with E-state index >= 15 is 0 Å². The summed E-state index contributed by atoms with van der Waals surface area (Å²) < 4.78 is 26.3. The Balaban J connectivity index is 2.54. The largest absolute Gasteiger partial charge is 0.325 e. The van der Waals surface area contributed by atoms with Crippen molar-refractivity contribution in [2.75, 3.05) is 11.8 Å². The predicted octanol–water partition coefficient (Wildman–Crippen LogP) is 2.69. The van der Waals surface area contributed by atoms with Crippen LogP contribution >= 0.6 is 11.9 Å². The lowest BCUT2D eigenvalue weighted by Gasteiger charge is -2.06. The highest BCUT2D eigenvalue weighted by atomic mass is 32.2. The molecular weight excluding hydrogens is 206 g/mol. The second kappa shape index (κ2) is 5.82. The van der Waals surface area contributed by atoms with E-state index in [0.29, 0.717) is 17.6 Å². The molecule has 0 spiro atoms. The number of halogens is 2. The molecule has 0 amide bonds. The van der Waals surface area contributed by atoms with Gasteiger partial charge in [-0.3, -0.25) is 0 Å². The quantitative estimate of drug-likeness (QED) is 0.743. The lowest BCUT2D eigenvalue weighted by Crippen LogP contribution is -2.05. The molecule has 1 rings (SSSR count). The fourth-order valence-electron chi connectivity index (χ4n) is 1.06. The summed E-state index contributed by atoms with van der Waals surface area (Å²) in [6, 6.07) is 7.37. The van der Waals surface area contributed by atoms with E-state index in [1.165, 1.54) is 0 Å². The average molecular weight is 218 g/mol. The second-order valence-electron chi connectivity index (χ2n) is 2.71. The Bertz CT molecular complexity index is 281. The van der Waals surface area contributed by atoms with E-state index in [9.17, 15) is 8.78 Å². The monoisotopic (exact) mass is 218 g/mol. The number of rotatable bonds is 5. The third-order valence-corrected chi connectivity index (χ3v) is 2.11. The molecule has 0 aliphatic heterocycles. The molecule has 0 aliphatic carbocycles. The number of hydrogen-bond donors (Lipinski definition) is 2. The smallest absolute Gasteiger partial charge is 0.302 e. The molecule has 0 saturated carbocycles. The minimum absolute atomic E-state index is 0.407. The van der Waals surface area contributed by atoms with Crippen molar-refractivity contribution in [3.8, 4) is 0 Å². The Morgan fingerprint density at radius 3 is 2.86 bits per heavy atom. The summed E-state index contributed by atoms with van der Waals surface area (Å²) in [7, 11) is 1.84. The van der Waals surface area contributed by atoms with Gasteiger partial charge in [0, 0.05) is 24.2 Å². The Kier molecular flexibility index (Phi) is 4.69. The molecule has 0 bridgehead atoms. The molecule has 14 heavy (non-hydrogen) atoms.